The molecule has 0 radical (unpaired) electrons. The minimum atomic E-state index is -0.0817. The van der Waals surface area contributed by atoms with Gasteiger partial charge in [-0.3, -0.25) is 9.48 Å². The van der Waals surface area contributed by atoms with Crippen LogP contribution in [0.25, 0.3) is 0 Å². The lowest BCUT2D eigenvalue weighted by molar-refractivity contribution is -0.115. The summed E-state index contributed by atoms with van der Waals surface area (Å²) in [5.74, 6) is 0.680. The van der Waals surface area contributed by atoms with Crippen LogP contribution in [0.4, 0.5) is 5.69 Å². The van der Waals surface area contributed by atoms with Gasteiger partial charge in [-0.15, -0.1) is 0 Å². The quantitative estimate of drug-likeness (QED) is 0.844. The van der Waals surface area contributed by atoms with Crippen LogP contribution < -0.4 is 15.4 Å². The van der Waals surface area contributed by atoms with Crippen molar-refractivity contribution < 1.29 is 9.53 Å². The summed E-state index contributed by atoms with van der Waals surface area (Å²) < 4.78 is 6.88. The molecule has 2 N–H and O–H groups in total. The molecule has 0 fully saturated rings. The van der Waals surface area contributed by atoms with Crippen molar-refractivity contribution in [3.05, 3.63) is 41.7 Å². The fourth-order valence-electron chi connectivity index (χ4n) is 1.91. The van der Waals surface area contributed by atoms with Gasteiger partial charge < -0.3 is 15.4 Å². The number of methoxy groups -OCH3 is 1. The number of rotatable bonds is 6. The van der Waals surface area contributed by atoms with Crippen LogP contribution in [0.2, 0.25) is 0 Å². The molecule has 0 bridgehead atoms. The number of ether oxygens (including phenoxy) is 1. The minimum absolute atomic E-state index is 0.0817. The molecular formula is C15H20N4O2. The molecule has 1 aromatic heterocycles. The summed E-state index contributed by atoms with van der Waals surface area (Å²) in [6, 6.07) is 7.23. The molecule has 0 atom stereocenters. The molecule has 6 heteroatoms. The Bertz CT molecular complexity index is 605. The maximum absolute atomic E-state index is 11.8. The largest absolute Gasteiger partial charge is 0.497 e. The van der Waals surface area contributed by atoms with Crippen LogP contribution >= 0.6 is 0 Å². The van der Waals surface area contributed by atoms with Crippen LogP contribution in [0.1, 0.15) is 11.3 Å². The average molecular weight is 288 g/mol. The summed E-state index contributed by atoms with van der Waals surface area (Å²) in [6.45, 7) is 2.87. The van der Waals surface area contributed by atoms with Crippen molar-refractivity contribution in [2.75, 3.05) is 19.0 Å². The number of nitrogens with one attached hydrogen (secondary N) is 2. The second-order valence-corrected chi connectivity index (χ2v) is 4.76. The molecule has 0 aliphatic heterocycles. The van der Waals surface area contributed by atoms with E-state index in [-0.39, 0.29) is 12.5 Å². The Morgan fingerprint density at radius 2 is 2.05 bits per heavy atom. The molecule has 0 saturated carbocycles. The first kappa shape index (κ1) is 15.1. The predicted octanol–water partition coefficient (Wildman–Crippen LogP) is 1.47. The molecule has 0 unspecified atom stereocenters. The van der Waals surface area contributed by atoms with Gasteiger partial charge in [-0.05, 0) is 31.2 Å². The maximum atomic E-state index is 11.8. The lowest BCUT2D eigenvalue weighted by Crippen LogP contribution is -2.27. The Balaban J connectivity index is 1.78. The summed E-state index contributed by atoms with van der Waals surface area (Å²) in [4.78, 5) is 11.8. The van der Waals surface area contributed by atoms with Gasteiger partial charge in [0.05, 0.1) is 19.9 Å². The predicted molar refractivity (Wildman–Crippen MR) is 81.3 cm³/mol. The fraction of sp³-hybridized carbons (Fsp3) is 0.333. The summed E-state index contributed by atoms with van der Waals surface area (Å²) in [5, 5.41) is 10.1. The molecule has 0 saturated heterocycles. The monoisotopic (exact) mass is 288 g/mol. The first-order valence-electron chi connectivity index (χ1n) is 6.72. The third kappa shape index (κ3) is 4.06. The van der Waals surface area contributed by atoms with Gasteiger partial charge in [0.15, 0.2) is 0 Å². The lowest BCUT2D eigenvalue weighted by atomic mass is 10.2. The van der Waals surface area contributed by atoms with E-state index < -0.39 is 0 Å². The van der Waals surface area contributed by atoms with Gasteiger partial charge in [-0.1, -0.05) is 0 Å². The van der Waals surface area contributed by atoms with Gasteiger partial charge >= 0.3 is 0 Å². The molecule has 6 nitrogen and oxygen atoms in total. The molecule has 1 aromatic carbocycles. The Kier molecular flexibility index (Phi) is 4.94. The van der Waals surface area contributed by atoms with Gasteiger partial charge in [0.2, 0.25) is 5.91 Å². The smallest absolute Gasteiger partial charge is 0.238 e. The molecular weight excluding hydrogens is 268 g/mol. The Morgan fingerprint density at radius 1 is 1.33 bits per heavy atom. The van der Waals surface area contributed by atoms with Crippen molar-refractivity contribution in [1.29, 1.82) is 0 Å². The van der Waals surface area contributed by atoms with E-state index in [0.717, 1.165) is 22.7 Å². The zero-order chi connectivity index (χ0) is 15.2. The van der Waals surface area contributed by atoms with Crippen molar-refractivity contribution >= 4 is 11.6 Å². The molecule has 2 rings (SSSR count). The number of hydrogen-bond donors (Lipinski definition) is 2. The standard InChI is InChI=1S/C15H20N4O2/c1-11-12(9-17-19(11)2)8-16-10-15(20)18-13-4-6-14(21-3)7-5-13/h4-7,9,16H,8,10H2,1-3H3,(H,18,20). The number of aryl methyl sites for hydroxylation is 1. The highest BCUT2D eigenvalue weighted by atomic mass is 16.5. The second kappa shape index (κ2) is 6.90. The summed E-state index contributed by atoms with van der Waals surface area (Å²) in [7, 11) is 3.51. The number of hydrogen-bond acceptors (Lipinski definition) is 4. The first-order chi connectivity index (χ1) is 10.1. The van der Waals surface area contributed by atoms with Gasteiger partial charge in [0.25, 0.3) is 0 Å². The molecule has 0 aliphatic carbocycles. The Morgan fingerprint density at radius 3 is 2.62 bits per heavy atom. The van der Waals surface area contributed by atoms with Crippen molar-refractivity contribution in [2.45, 2.75) is 13.5 Å². The van der Waals surface area contributed by atoms with E-state index in [2.05, 4.69) is 15.7 Å². The van der Waals surface area contributed by atoms with Crippen molar-refractivity contribution in [1.82, 2.24) is 15.1 Å². The highest BCUT2D eigenvalue weighted by Gasteiger charge is 2.05. The van der Waals surface area contributed by atoms with Crippen molar-refractivity contribution in [3.8, 4) is 5.75 Å². The van der Waals surface area contributed by atoms with Crippen LogP contribution in [-0.2, 0) is 18.4 Å². The number of anilines is 1. The number of carbonyl (C=O) groups is 1. The molecule has 0 spiro atoms. The number of aromatic nitrogens is 2. The summed E-state index contributed by atoms with van der Waals surface area (Å²) in [5.41, 5.74) is 2.94. The van der Waals surface area contributed by atoms with E-state index in [0.29, 0.717) is 6.54 Å². The zero-order valence-corrected chi connectivity index (χ0v) is 12.5. The topological polar surface area (TPSA) is 68.2 Å². The van der Waals surface area contributed by atoms with Crippen LogP contribution in [0.15, 0.2) is 30.5 Å². The van der Waals surface area contributed by atoms with Gasteiger partial charge in [-0.2, -0.15) is 5.10 Å². The minimum Gasteiger partial charge on any atom is -0.497 e. The molecule has 21 heavy (non-hydrogen) atoms. The fourth-order valence-corrected chi connectivity index (χ4v) is 1.91. The van der Waals surface area contributed by atoms with Crippen LogP contribution in [0.3, 0.4) is 0 Å². The first-order valence-corrected chi connectivity index (χ1v) is 6.72. The highest BCUT2D eigenvalue weighted by molar-refractivity contribution is 5.92. The summed E-state index contributed by atoms with van der Waals surface area (Å²) in [6.07, 6.45) is 1.81. The molecule has 1 amide bonds. The van der Waals surface area contributed by atoms with Crippen LogP contribution in [0.5, 0.6) is 5.75 Å². The van der Waals surface area contributed by atoms with Crippen molar-refractivity contribution in [2.24, 2.45) is 7.05 Å². The van der Waals surface area contributed by atoms with Crippen LogP contribution in [-0.4, -0.2) is 29.3 Å². The Hall–Kier alpha value is -2.34. The molecule has 2 aromatic rings. The van der Waals surface area contributed by atoms with Gasteiger partial charge in [0, 0.05) is 30.5 Å². The second-order valence-electron chi connectivity index (χ2n) is 4.76. The number of benzene rings is 1. The third-order valence-electron chi connectivity index (χ3n) is 3.31. The van der Waals surface area contributed by atoms with Crippen molar-refractivity contribution in [3.63, 3.8) is 0 Å². The average Bonchev–Trinajstić information content (AvgIpc) is 2.80. The van der Waals surface area contributed by atoms with E-state index in [4.69, 9.17) is 4.74 Å². The number of amides is 1. The molecule has 1 heterocycles. The van der Waals surface area contributed by atoms with E-state index in [9.17, 15) is 4.79 Å². The number of carbonyl (C=O) groups excluding carboxylic acids is 1. The van der Waals surface area contributed by atoms with E-state index in [1.165, 1.54) is 0 Å². The van der Waals surface area contributed by atoms with Crippen LogP contribution in [0, 0.1) is 6.92 Å². The molecule has 0 aliphatic rings. The molecule has 112 valence electrons. The van der Waals surface area contributed by atoms with E-state index in [1.54, 1.807) is 7.11 Å². The summed E-state index contributed by atoms with van der Waals surface area (Å²) >= 11 is 0. The third-order valence-corrected chi connectivity index (χ3v) is 3.31. The Labute approximate surface area is 124 Å². The maximum Gasteiger partial charge on any atom is 0.238 e. The van der Waals surface area contributed by atoms with Gasteiger partial charge in [0.1, 0.15) is 5.75 Å². The highest BCUT2D eigenvalue weighted by Crippen LogP contribution is 2.14. The lowest BCUT2D eigenvalue weighted by Gasteiger charge is -2.07. The number of nitrogens with zero attached hydrogens (tertiary/aromatic N) is 2. The van der Waals surface area contributed by atoms with E-state index >= 15 is 0 Å². The van der Waals surface area contributed by atoms with E-state index in [1.807, 2.05) is 49.1 Å². The zero-order valence-electron chi connectivity index (χ0n) is 12.5. The normalized spacial score (nSPS) is 10.4. The SMILES string of the molecule is COc1ccc(NC(=O)CNCc2cnn(C)c2C)cc1. The van der Waals surface area contributed by atoms with Gasteiger partial charge in [-0.25, -0.2) is 0 Å².